The average molecular weight is 373 g/mol. The lowest BCUT2D eigenvalue weighted by Gasteiger charge is -2.27. The monoisotopic (exact) mass is 373 g/mol. The van der Waals surface area contributed by atoms with Crippen LogP contribution in [0.1, 0.15) is 18.4 Å². The summed E-state index contributed by atoms with van der Waals surface area (Å²) in [5.41, 5.74) is -5.18. The van der Waals surface area contributed by atoms with Crippen LogP contribution in [-0.4, -0.2) is 27.1 Å². The van der Waals surface area contributed by atoms with E-state index < -0.39 is 56.3 Å². The first-order chi connectivity index (χ1) is 11.9. The van der Waals surface area contributed by atoms with Gasteiger partial charge in [-0.3, -0.25) is 20.2 Å². The Morgan fingerprint density at radius 1 is 1.23 bits per heavy atom. The van der Waals surface area contributed by atoms with Gasteiger partial charge in [-0.05, 0) is 12.5 Å². The second-order valence-electron chi connectivity index (χ2n) is 5.27. The number of nitrogens with one attached hydrogen (secondary N) is 1. The summed E-state index contributed by atoms with van der Waals surface area (Å²) in [5, 5.41) is 33.3. The first kappa shape index (κ1) is 18.9. The molecule has 1 heterocycles. The Hall–Kier alpha value is -3.44. The van der Waals surface area contributed by atoms with Crippen molar-refractivity contribution in [2.75, 3.05) is 0 Å². The first-order valence-electron chi connectivity index (χ1n) is 6.86. The van der Waals surface area contributed by atoms with Crippen molar-refractivity contribution < 1.29 is 32.9 Å². The number of alkyl halides is 3. The maximum absolute atomic E-state index is 13.2. The number of nitrogens with zero attached hydrogens (tertiary/aromatic N) is 2. The zero-order chi connectivity index (χ0) is 19.8. The highest BCUT2D eigenvalue weighted by molar-refractivity contribution is 5.90. The summed E-state index contributed by atoms with van der Waals surface area (Å²) in [6.07, 6.45) is -5.16. The number of dihydropyridines is 1. The lowest BCUT2D eigenvalue weighted by molar-refractivity contribution is -0.433. The van der Waals surface area contributed by atoms with Crippen molar-refractivity contribution in [2.45, 2.75) is 19.0 Å². The lowest BCUT2D eigenvalue weighted by Crippen LogP contribution is -2.37. The number of aliphatic carboxylic acids is 1. The zero-order valence-electron chi connectivity index (χ0n) is 12.9. The van der Waals surface area contributed by atoms with Gasteiger partial charge in [0, 0.05) is 17.8 Å². The van der Waals surface area contributed by atoms with Crippen LogP contribution < -0.4 is 5.32 Å². The van der Waals surface area contributed by atoms with E-state index in [4.69, 9.17) is 0 Å². The molecule has 0 aliphatic carbocycles. The number of hydrogen-bond acceptors (Lipinski definition) is 6. The Morgan fingerprint density at radius 2 is 1.85 bits per heavy atom. The first-order valence-corrected chi connectivity index (χ1v) is 6.86. The molecule has 0 bridgehead atoms. The third-order valence-electron chi connectivity index (χ3n) is 3.66. The minimum atomic E-state index is -5.16. The molecule has 1 aromatic rings. The minimum absolute atomic E-state index is 0.314. The molecule has 0 radical (unpaired) electrons. The third-order valence-corrected chi connectivity index (χ3v) is 3.66. The average Bonchev–Trinajstić information content (AvgIpc) is 2.52. The Balaban J connectivity index is 2.84. The second kappa shape index (κ2) is 6.46. The number of carbonyl (C=O) groups is 1. The number of halogens is 3. The molecular weight excluding hydrogens is 363 g/mol. The second-order valence-corrected chi connectivity index (χ2v) is 5.27. The third kappa shape index (κ3) is 3.34. The minimum Gasteiger partial charge on any atom is -0.478 e. The number of carboxylic acid groups (broad SMARTS) is 1. The van der Waals surface area contributed by atoms with Gasteiger partial charge in [0.2, 0.25) is 0 Å². The van der Waals surface area contributed by atoms with Crippen LogP contribution in [0.4, 0.5) is 18.9 Å². The fourth-order valence-corrected chi connectivity index (χ4v) is 2.66. The highest BCUT2D eigenvalue weighted by Gasteiger charge is 2.50. The number of non-ortho nitro benzene ring substituents is 1. The Kier molecular flexibility index (Phi) is 4.69. The van der Waals surface area contributed by atoms with Crippen molar-refractivity contribution in [2.24, 2.45) is 0 Å². The SMILES string of the molecule is CC1=C(C(=O)O)C(c2cccc([N+](=O)[O-])c2)C([N+](=O)[O-])=C(C(F)(F)F)N1. The van der Waals surface area contributed by atoms with Gasteiger partial charge < -0.3 is 10.4 Å². The highest BCUT2D eigenvalue weighted by Crippen LogP contribution is 2.43. The van der Waals surface area contributed by atoms with Gasteiger partial charge in [-0.15, -0.1) is 0 Å². The van der Waals surface area contributed by atoms with E-state index in [2.05, 4.69) is 0 Å². The summed E-state index contributed by atoms with van der Waals surface area (Å²) >= 11 is 0. The molecule has 12 heteroatoms. The largest absolute Gasteiger partial charge is 0.478 e. The number of rotatable bonds is 4. The molecule has 1 unspecified atom stereocenters. The van der Waals surface area contributed by atoms with Crippen LogP contribution in [0.15, 0.2) is 46.9 Å². The fraction of sp³-hybridized carbons (Fsp3) is 0.214. The number of carboxylic acids is 1. The van der Waals surface area contributed by atoms with E-state index in [9.17, 15) is 43.3 Å². The van der Waals surface area contributed by atoms with Crippen molar-refractivity contribution in [1.29, 1.82) is 0 Å². The number of allylic oxidation sites excluding steroid dienone is 3. The van der Waals surface area contributed by atoms with Gasteiger partial charge in [0.1, 0.15) is 5.92 Å². The Labute approximate surface area is 142 Å². The molecule has 0 saturated heterocycles. The van der Waals surface area contributed by atoms with Gasteiger partial charge in [0.05, 0.1) is 15.4 Å². The smallest absolute Gasteiger partial charge is 0.437 e. The van der Waals surface area contributed by atoms with E-state index in [-0.39, 0.29) is 5.56 Å². The van der Waals surface area contributed by atoms with Crippen molar-refractivity contribution in [3.63, 3.8) is 0 Å². The molecule has 26 heavy (non-hydrogen) atoms. The summed E-state index contributed by atoms with van der Waals surface area (Å²) in [4.78, 5) is 31.6. The van der Waals surface area contributed by atoms with Crippen LogP contribution in [0.25, 0.3) is 0 Å². The topological polar surface area (TPSA) is 136 Å². The van der Waals surface area contributed by atoms with Gasteiger partial charge in [0.15, 0.2) is 5.70 Å². The number of hydrogen-bond donors (Lipinski definition) is 2. The standard InChI is InChI=1S/C14H10F3N3O6/c1-6-9(13(21)22)10(7-3-2-4-8(5-7)19(23)24)11(20(25)26)12(18-6)14(15,16)17/h2-5,10,18H,1H3,(H,21,22). The molecular formula is C14H10F3N3O6. The van der Waals surface area contributed by atoms with E-state index in [1.165, 1.54) is 0 Å². The van der Waals surface area contributed by atoms with E-state index in [1.54, 1.807) is 5.32 Å². The molecule has 1 aromatic carbocycles. The van der Waals surface area contributed by atoms with Crippen LogP contribution in [0, 0.1) is 20.2 Å². The molecule has 1 aliphatic rings. The van der Waals surface area contributed by atoms with Gasteiger partial charge >= 0.3 is 12.1 Å². The molecule has 2 rings (SSSR count). The molecule has 0 spiro atoms. The lowest BCUT2D eigenvalue weighted by atomic mass is 9.83. The summed E-state index contributed by atoms with van der Waals surface area (Å²) in [7, 11) is 0. The van der Waals surface area contributed by atoms with E-state index in [0.717, 1.165) is 31.2 Å². The van der Waals surface area contributed by atoms with Crippen molar-refractivity contribution in [3.05, 3.63) is 72.7 Å². The fourth-order valence-electron chi connectivity index (χ4n) is 2.66. The molecule has 0 saturated carbocycles. The Morgan fingerprint density at radius 3 is 2.31 bits per heavy atom. The molecule has 0 aromatic heterocycles. The molecule has 2 N–H and O–H groups in total. The van der Waals surface area contributed by atoms with Crippen LogP contribution >= 0.6 is 0 Å². The number of benzene rings is 1. The summed E-state index contributed by atoms with van der Waals surface area (Å²) < 4.78 is 39.7. The van der Waals surface area contributed by atoms with Crippen LogP contribution in [0.5, 0.6) is 0 Å². The molecule has 138 valence electrons. The summed E-state index contributed by atoms with van der Waals surface area (Å²) in [5.74, 6) is -3.63. The van der Waals surface area contributed by atoms with Gasteiger partial charge in [-0.25, -0.2) is 4.79 Å². The maximum atomic E-state index is 13.2. The molecule has 1 atom stereocenters. The van der Waals surface area contributed by atoms with E-state index in [0.29, 0.717) is 0 Å². The Bertz CT molecular complexity index is 875. The normalized spacial score (nSPS) is 17.8. The van der Waals surface area contributed by atoms with Gasteiger partial charge in [-0.1, -0.05) is 12.1 Å². The number of nitro groups is 2. The van der Waals surface area contributed by atoms with Crippen molar-refractivity contribution in [3.8, 4) is 0 Å². The molecule has 0 fully saturated rings. The van der Waals surface area contributed by atoms with Crippen molar-refractivity contribution in [1.82, 2.24) is 5.32 Å². The highest BCUT2D eigenvalue weighted by atomic mass is 19.4. The number of nitro benzene ring substituents is 1. The molecule has 0 amide bonds. The van der Waals surface area contributed by atoms with Crippen LogP contribution in [-0.2, 0) is 4.79 Å². The predicted octanol–water partition coefficient (Wildman–Crippen LogP) is 2.69. The summed E-state index contributed by atoms with van der Waals surface area (Å²) in [6.45, 7) is 1.02. The van der Waals surface area contributed by atoms with E-state index in [1.807, 2.05) is 0 Å². The maximum Gasteiger partial charge on any atom is 0.437 e. The molecule has 9 nitrogen and oxygen atoms in total. The van der Waals surface area contributed by atoms with Crippen molar-refractivity contribution >= 4 is 11.7 Å². The van der Waals surface area contributed by atoms with E-state index >= 15 is 0 Å². The predicted molar refractivity (Wildman–Crippen MR) is 79.4 cm³/mol. The summed E-state index contributed by atoms with van der Waals surface area (Å²) in [6, 6.07) is 4.04. The van der Waals surface area contributed by atoms with Crippen LogP contribution in [0.2, 0.25) is 0 Å². The quantitative estimate of drug-likeness (QED) is 0.612. The zero-order valence-corrected chi connectivity index (χ0v) is 12.9. The van der Waals surface area contributed by atoms with Gasteiger partial charge in [0.25, 0.3) is 11.4 Å². The van der Waals surface area contributed by atoms with Crippen LogP contribution in [0.3, 0.4) is 0 Å². The van der Waals surface area contributed by atoms with Gasteiger partial charge in [-0.2, -0.15) is 13.2 Å². The molecule has 1 aliphatic heterocycles.